The Bertz CT molecular complexity index is 956. The minimum Gasteiger partial charge on any atom is -0.508 e. The van der Waals surface area contributed by atoms with Gasteiger partial charge in [-0.1, -0.05) is 18.2 Å². The number of hydrogen-bond acceptors (Lipinski definition) is 4. The second kappa shape index (κ2) is 7.61. The van der Waals surface area contributed by atoms with Gasteiger partial charge in [-0.2, -0.15) is 0 Å². The van der Waals surface area contributed by atoms with Crippen molar-refractivity contribution in [2.75, 3.05) is 5.32 Å². The van der Waals surface area contributed by atoms with Crippen LogP contribution in [0.4, 0.5) is 13.9 Å². The van der Waals surface area contributed by atoms with E-state index in [0.717, 1.165) is 22.6 Å². The van der Waals surface area contributed by atoms with Crippen molar-refractivity contribution >= 4 is 22.4 Å². The van der Waals surface area contributed by atoms with Gasteiger partial charge in [0, 0.05) is 17.5 Å². The van der Waals surface area contributed by atoms with E-state index in [-0.39, 0.29) is 18.1 Å². The van der Waals surface area contributed by atoms with Crippen LogP contribution >= 0.6 is 11.3 Å². The van der Waals surface area contributed by atoms with Crippen molar-refractivity contribution in [3.8, 4) is 5.75 Å². The molecule has 3 aromatic rings. The zero-order valence-electron chi connectivity index (χ0n) is 13.9. The Kier molecular flexibility index (Phi) is 5.27. The monoisotopic (exact) mass is 374 g/mol. The third kappa shape index (κ3) is 4.43. The van der Waals surface area contributed by atoms with Crippen LogP contribution in [0.2, 0.25) is 0 Å². The van der Waals surface area contributed by atoms with Gasteiger partial charge in [0.1, 0.15) is 5.75 Å². The highest BCUT2D eigenvalue weighted by molar-refractivity contribution is 7.15. The molecule has 0 unspecified atom stereocenters. The number of nitrogens with zero attached hydrogens (tertiary/aromatic N) is 1. The molecular weight excluding hydrogens is 358 g/mol. The molecule has 1 aromatic heterocycles. The highest BCUT2D eigenvalue weighted by atomic mass is 32.1. The molecule has 0 fully saturated rings. The van der Waals surface area contributed by atoms with Gasteiger partial charge in [0.15, 0.2) is 16.8 Å². The highest BCUT2D eigenvalue weighted by Gasteiger charge is 2.10. The lowest BCUT2D eigenvalue weighted by molar-refractivity contribution is -0.115. The van der Waals surface area contributed by atoms with Crippen molar-refractivity contribution in [3.63, 3.8) is 0 Å². The van der Waals surface area contributed by atoms with Gasteiger partial charge in [0.25, 0.3) is 0 Å². The molecular formula is C19H16F2N2O2S. The van der Waals surface area contributed by atoms with E-state index in [1.165, 1.54) is 17.4 Å². The van der Waals surface area contributed by atoms with Crippen LogP contribution in [0.5, 0.6) is 5.75 Å². The van der Waals surface area contributed by atoms with Crippen LogP contribution in [-0.4, -0.2) is 16.0 Å². The summed E-state index contributed by atoms with van der Waals surface area (Å²) >= 11 is 1.27. The summed E-state index contributed by atoms with van der Waals surface area (Å²) in [6.07, 6.45) is 2.11. The molecule has 4 nitrogen and oxygen atoms in total. The molecule has 1 amide bonds. The molecule has 0 saturated carbocycles. The van der Waals surface area contributed by atoms with Crippen molar-refractivity contribution in [2.24, 2.45) is 0 Å². The van der Waals surface area contributed by atoms with Crippen LogP contribution in [0.15, 0.2) is 42.6 Å². The average Bonchev–Trinajstić information content (AvgIpc) is 3.01. The van der Waals surface area contributed by atoms with Gasteiger partial charge in [-0.25, -0.2) is 13.8 Å². The molecule has 26 heavy (non-hydrogen) atoms. The fourth-order valence-corrected chi connectivity index (χ4v) is 3.27. The number of anilines is 1. The standard InChI is InChI=1S/C19H16F2N2O2S/c1-11-2-3-13(8-17(11)24)9-18(25)23-19-22-10-14(26-19)6-12-4-5-15(20)16(21)7-12/h2-5,7-8,10,24H,6,9H2,1H3,(H,22,23,25). The number of aromatic hydroxyl groups is 1. The molecule has 2 aromatic carbocycles. The zero-order valence-corrected chi connectivity index (χ0v) is 14.7. The molecule has 3 rings (SSSR count). The Balaban J connectivity index is 1.61. The average molecular weight is 374 g/mol. The lowest BCUT2D eigenvalue weighted by atomic mass is 10.1. The second-order valence-corrected chi connectivity index (χ2v) is 7.02. The molecule has 134 valence electrons. The molecule has 2 N–H and O–H groups in total. The summed E-state index contributed by atoms with van der Waals surface area (Å²) in [7, 11) is 0. The van der Waals surface area contributed by atoms with E-state index >= 15 is 0 Å². The number of aryl methyl sites for hydroxylation is 1. The summed E-state index contributed by atoms with van der Waals surface area (Å²) in [5, 5.41) is 12.8. The normalized spacial score (nSPS) is 10.7. The maximum atomic E-state index is 13.3. The number of aromatic nitrogens is 1. The summed E-state index contributed by atoms with van der Waals surface area (Å²) in [6, 6.07) is 8.85. The van der Waals surface area contributed by atoms with E-state index in [1.807, 2.05) is 0 Å². The first-order valence-corrected chi connectivity index (χ1v) is 8.69. The van der Waals surface area contributed by atoms with Gasteiger partial charge in [-0.3, -0.25) is 4.79 Å². The van der Waals surface area contributed by atoms with Crippen molar-refractivity contribution in [1.29, 1.82) is 0 Å². The number of thiazole rings is 1. The number of phenols is 1. The zero-order chi connectivity index (χ0) is 18.7. The van der Waals surface area contributed by atoms with Gasteiger partial charge in [-0.15, -0.1) is 11.3 Å². The Labute approximate surface area is 153 Å². The van der Waals surface area contributed by atoms with E-state index < -0.39 is 11.6 Å². The first-order chi connectivity index (χ1) is 12.4. The number of carbonyl (C=O) groups is 1. The summed E-state index contributed by atoms with van der Waals surface area (Å²) in [5.41, 5.74) is 2.07. The molecule has 0 aliphatic heterocycles. The number of halogens is 2. The lowest BCUT2D eigenvalue weighted by Crippen LogP contribution is -2.14. The number of rotatable bonds is 5. The molecule has 0 aliphatic carbocycles. The Morgan fingerprint density at radius 1 is 1.15 bits per heavy atom. The van der Waals surface area contributed by atoms with Gasteiger partial charge in [0.2, 0.25) is 5.91 Å². The van der Waals surface area contributed by atoms with E-state index in [9.17, 15) is 18.7 Å². The second-order valence-electron chi connectivity index (χ2n) is 5.90. The number of carbonyl (C=O) groups excluding carboxylic acids is 1. The summed E-state index contributed by atoms with van der Waals surface area (Å²) in [6.45, 7) is 1.78. The molecule has 0 spiro atoms. The summed E-state index contributed by atoms with van der Waals surface area (Å²) in [4.78, 5) is 17.1. The van der Waals surface area contributed by atoms with Gasteiger partial charge in [0.05, 0.1) is 6.42 Å². The molecule has 0 saturated heterocycles. The lowest BCUT2D eigenvalue weighted by Gasteiger charge is -2.04. The fraction of sp³-hybridized carbons (Fsp3) is 0.158. The largest absolute Gasteiger partial charge is 0.508 e. The quantitative estimate of drug-likeness (QED) is 0.703. The van der Waals surface area contributed by atoms with Crippen LogP contribution < -0.4 is 5.32 Å². The molecule has 1 heterocycles. The predicted molar refractivity (Wildman–Crippen MR) is 96.5 cm³/mol. The SMILES string of the molecule is Cc1ccc(CC(=O)Nc2ncc(Cc3ccc(F)c(F)c3)s2)cc1O. The molecule has 0 radical (unpaired) electrons. The van der Waals surface area contributed by atoms with Gasteiger partial charge in [-0.05, 0) is 41.8 Å². The molecule has 0 aliphatic rings. The molecule has 0 atom stereocenters. The smallest absolute Gasteiger partial charge is 0.230 e. The number of benzene rings is 2. The Morgan fingerprint density at radius 2 is 1.92 bits per heavy atom. The predicted octanol–water partition coefficient (Wildman–Crippen LogP) is 4.21. The van der Waals surface area contributed by atoms with E-state index in [1.54, 1.807) is 31.3 Å². The van der Waals surface area contributed by atoms with Gasteiger partial charge < -0.3 is 10.4 Å². The number of phenolic OH excluding ortho intramolecular Hbond substituents is 1. The minimum absolute atomic E-state index is 0.117. The van der Waals surface area contributed by atoms with Gasteiger partial charge >= 0.3 is 0 Å². The topological polar surface area (TPSA) is 62.2 Å². The van der Waals surface area contributed by atoms with Crippen LogP contribution in [0.1, 0.15) is 21.6 Å². The van der Waals surface area contributed by atoms with Crippen molar-refractivity contribution in [1.82, 2.24) is 4.98 Å². The van der Waals surface area contributed by atoms with Crippen molar-refractivity contribution in [2.45, 2.75) is 19.8 Å². The van der Waals surface area contributed by atoms with E-state index in [2.05, 4.69) is 10.3 Å². The summed E-state index contributed by atoms with van der Waals surface area (Å²) < 4.78 is 26.2. The maximum absolute atomic E-state index is 13.3. The van der Waals surface area contributed by atoms with Crippen LogP contribution in [0.3, 0.4) is 0 Å². The van der Waals surface area contributed by atoms with E-state index in [4.69, 9.17) is 0 Å². The third-order valence-electron chi connectivity index (χ3n) is 3.80. The van der Waals surface area contributed by atoms with Crippen LogP contribution in [0, 0.1) is 18.6 Å². The molecule has 0 bridgehead atoms. The van der Waals surface area contributed by atoms with Crippen LogP contribution in [0.25, 0.3) is 0 Å². The Hall–Kier alpha value is -2.80. The number of amides is 1. The molecule has 7 heteroatoms. The Morgan fingerprint density at radius 3 is 2.65 bits per heavy atom. The maximum Gasteiger partial charge on any atom is 0.230 e. The van der Waals surface area contributed by atoms with Crippen molar-refractivity contribution < 1.29 is 18.7 Å². The van der Waals surface area contributed by atoms with E-state index in [0.29, 0.717) is 22.7 Å². The summed E-state index contributed by atoms with van der Waals surface area (Å²) in [5.74, 6) is -1.87. The number of nitrogens with one attached hydrogen (secondary N) is 1. The van der Waals surface area contributed by atoms with Crippen molar-refractivity contribution in [3.05, 3.63) is 75.8 Å². The first kappa shape index (κ1) is 18.0. The number of hydrogen-bond donors (Lipinski definition) is 2. The van der Waals surface area contributed by atoms with Crippen LogP contribution in [-0.2, 0) is 17.6 Å². The third-order valence-corrected chi connectivity index (χ3v) is 4.71. The minimum atomic E-state index is -0.887. The first-order valence-electron chi connectivity index (χ1n) is 7.87. The fourth-order valence-electron chi connectivity index (χ4n) is 2.41. The highest BCUT2D eigenvalue weighted by Crippen LogP contribution is 2.23.